The van der Waals surface area contributed by atoms with Crippen molar-refractivity contribution in [1.82, 2.24) is 4.57 Å². The normalized spacial score (nSPS) is 11.1. The quantitative estimate of drug-likeness (QED) is 0.761. The zero-order chi connectivity index (χ0) is 14.1. The Labute approximate surface area is 119 Å². The highest BCUT2D eigenvalue weighted by molar-refractivity contribution is 5.86. The number of aromatic nitrogens is 1. The zero-order valence-electron chi connectivity index (χ0n) is 11.9. The van der Waals surface area contributed by atoms with Crippen LogP contribution in [-0.4, -0.2) is 9.67 Å². The number of hydrogen-bond acceptors (Lipinski definition) is 1. The summed E-state index contributed by atoms with van der Waals surface area (Å²) in [6.45, 7) is 2.15. The standard InChI is InChI=1S/C18H19NO/c1-13-16(10-8-14-6-4-3-5-7-14)17-12-15(20)9-11-18(17)19(13)2/h3-7,9,11-12,20H,8,10H2,1-2H3. The number of aryl methyl sites for hydroxylation is 3. The summed E-state index contributed by atoms with van der Waals surface area (Å²) in [4.78, 5) is 0. The molecule has 0 amide bonds. The molecule has 0 spiro atoms. The fourth-order valence-corrected chi connectivity index (χ4v) is 2.87. The molecule has 0 saturated heterocycles. The summed E-state index contributed by atoms with van der Waals surface area (Å²) in [7, 11) is 2.08. The summed E-state index contributed by atoms with van der Waals surface area (Å²) in [5, 5.41) is 10.9. The molecule has 0 fully saturated rings. The Bertz CT molecular complexity index is 741. The molecular weight excluding hydrogens is 246 g/mol. The van der Waals surface area contributed by atoms with E-state index in [0.29, 0.717) is 5.75 Å². The minimum Gasteiger partial charge on any atom is -0.508 e. The molecule has 1 N–H and O–H groups in total. The highest BCUT2D eigenvalue weighted by Gasteiger charge is 2.12. The van der Waals surface area contributed by atoms with Crippen molar-refractivity contribution in [2.75, 3.05) is 0 Å². The second-order valence-corrected chi connectivity index (χ2v) is 5.31. The van der Waals surface area contributed by atoms with Crippen LogP contribution in [0.1, 0.15) is 16.8 Å². The van der Waals surface area contributed by atoms with E-state index in [2.05, 4.69) is 42.8 Å². The molecule has 102 valence electrons. The molecule has 3 aromatic rings. The van der Waals surface area contributed by atoms with Crippen molar-refractivity contribution in [3.63, 3.8) is 0 Å². The Morgan fingerprint density at radius 1 is 1.00 bits per heavy atom. The number of hydrogen-bond donors (Lipinski definition) is 1. The van der Waals surface area contributed by atoms with Gasteiger partial charge in [-0.15, -0.1) is 0 Å². The highest BCUT2D eigenvalue weighted by Crippen LogP contribution is 2.29. The van der Waals surface area contributed by atoms with Crippen molar-refractivity contribution in [1.29, 1.82) is 0 Å². The third-order valence-corrected chi connectivity index (χ3v) is 4.11. The Morgan fingerprint density at radius 2 is 1.75 bits per heavy atom. The summed E-state index contributed by atoms with van der Waals surface area (Å²) in [5.41, 5.74) is 5.15. The summed E-state index contributed by atoms with van der Waals surface area (Å²) < 4.78 is 2.20. The van der Waals surface area contributed by atoms with Crippen molar-refractivity contribution in [2.45, 2.75) is 19.8 Å². The van der Waals surface area contributed by atoms with E-state index in [1.165, 1.54) is 27.7 Å². The Morgan fingerprint density at radius 3 is 2.50 bits per heavy atom. The van der Waals surface area contributed by atoms with Gasteiger partial charge in [0.1, 0.15) is 5.75 Å². The predicted molar refractivity (Wildman–Crippen MR) is 83.2 cm³/mol. The molecule has 0 bridgehead atoms. The number of phenolic OH excluding ortho intramolecular Hbond substituents is 1. The number of benzene rings is 2. The SMILES string of the molecule is Cc1c(CCc2ccccc2)c2cc(O)ccc2n1C. The first-order valence-electron chi connectivity index (χ1n) is 6.97. The lowest BCUT2D eigenvalue weighted by Gasteiger charge is -2.03. The smallest absolute Gasteiger partial charge is 0.116 e. The van der Waals surface area contributed by atoms with E-state index in [-0.39, 0.29) is 0 Å². The van der Waals surface area contributed by atoms with Crippen LogP contribution in [0, 0.1) is 6.92 Å². The van der Waals surface area contributed by atoms with E-state index < -0.39 is 0 Å². The lowest BCUT2D eigenvalue weighted by molar-refractivity contribution is 0.476. The second kappa shape index (κ2) is 5.04. The molecular formula is C18H19NO. The van der Waals surface area contributed by atoms with Gasteiger partial charge in [0.15, 0.2) is 0 Å². The van der Waals surface area contributed by atoms with Crippen molar-refractivity contribution in [3.8, 4) is 5.75 Å². The van der Waals surface area contributed by atoms with Gasteiger partial charge in [-0.1, -0.05) is 30.3 Å². The maximum Gasteiger partial charge on any atom is 0.116 e. The lowest BCUT2D eigenvalue weighted by Crippen LogP contribution is -1.95. The Kier molecular flexibility index (Phi) is 3.23. The first-order chi connectivity index (χ1) is 9.66. The first-order valence-corrected chi connectivity index (χ1v) is 6.97. The van der Waals surface area contributed by atoms with Gasteiger partial charge in [-0.3, -0.25) is 0 Å². The molecule has 0 unspecified atom stereocenters. The molecule has 20 heavy (non-hydrogen) atoms. The number of fused-ring (bicyclic) bond motifs is 1. The predicted octanol–water partition coefficient (Wildman–Crippen LogP) is 3.98. The van der Waals surface area contributed by atoms with E-state index in [9.17, 15) is 5.11 Å². The van der Waals surface area contributed by atoms with Gasteiger partial charge < -0.3 is 9.67 Å². The number of rotatable bonds is 3. The Hall–Kier alpha value is -2.22. The van der Waals surface area contributed by atoms with Crippen LogP contribution in [0.2, 0.25) is 0 Å². The topological polar surface area (TPSA) is 25.2 Å². The average Bonchev–Trinajstić information content (AvgIpc) is 2.70. The van der Waals surface area contributed by atoms with E-state index in [4.69, 9.17) is 0 Å². The van der Waals surface area contributed by atoms with Crippen LogP contribution in [0.5, 0.6) is 5.75 Å². The highest BCUT2D eigenvalue weighted by atomic mass is 16.3. The van der Waals surface area contributed by atoms with Gasteiger partial charge in [0.05, 0.1) is 0 Å². The van der Waals surface area contributed by atoms with E-state index in [1.54, 1.807) is 6.07 Å². The molecule has 2 nitrogen and oxygen atoms in total. The first kappa shape index (κ1) is 12.8. The molecule has 0 atom stereocenters. The molecule has 2 aromatic carbocycles. The Balaban J connectivity index is 1.98. The van der Waals surface area contributed by atoms with Gasteiger partial charge in [-0.25, -0.2) is 0 Å². The van der Waals surface area contributed by atoms with E-state index in [0.717, 1.165) is 12.8 Å². The lowest BCUT2D eigenvalue weighted by atomic mass is 10.0. The van der Waals surface area contributed by atoms with E-state index in [1.807, 2.05) is 18.2 Å². The van der Waals surface area contributed by atoms with Crippen LogP contribution in [0.3, 0.4) is 0 Å². The molecule has 0 aliphatic carbocycles. The largest absolute Gasteiger partial charge is 0.508 e. The van der Waals surface area contributed by atoms with Crippen molar-refractivity contribution >= 4 is 10.9 Å². The summed E-state index contributed by atoms with van der Waals surface area (Å²) >= 11 is 0. The van der Waals surface area contributed by atoms with Crippen LogP contribution in [0.15, 0.2) is 48.5 Å². The maximum absolute atomic E-state index is 9.73. The van der Waals surface area contributed by atoms with Crippen molar-refractivity contribution in [2.24, 2.45) is 7.05 Å². The van der Waals surface area contributed by atoms with Crippen molar-refractivity contribution < 1.29 is 5.11 Å². The van der Waals surface area contributed by atoms with Crippen molar-refractivity contribution in [3.05, 3.63) is 65.4 Å². The number of aromatic hydroxyl groups is 1. The number of phenols is 1. The van der Waals surface area contributed by atoms with Gasteiger partial charge >= 0.3 is 0 Å². The third kappa shape index (κ3) is 2.18. The number of nitrogens with zero attached hydrogens (tertiary/aromatic N) is 1. The zero-order valence-corrected chi connectivity index (χ0v) is 11.9. The fraction of sp³-hybridized carbons (Fsp3) is 0.222. The molecule has 0 aliphatic heterocycles. The maximum atomic E-state index is 9.73. The van der Waals surface area contributed by atoms with E-state index >= 15 is 0 Å². The molecule has 1 aromatic heterocycles. The van der Waals surface area contributed by atoms with Crippen LogP contribution >= 0.6 is 0 Å². The van der Waals surface area contributed by atoms with Gasteiger partial charge in [-0.2, -0.15) is 0 Å². The van der Waals surface area contributed by atoms with Gasteiger partial charge in [-0.05, 0) is 49.1 Å². The minimum atomic E-state index is 0.337. The van der Waals surface area contributed by atoms with Crippen LogP contribution in [0.25, 0.3) is 10.9 Å². The molecule has 3 rings (SSSR count). The van der Waals surface area contributed by atoms with Crippen LogP contribution in [0.4, 0.5) is 0 Å². The molecule has 0 aliphatic rings. The molecule has 0 radical (unpaired) electrons. The summed E-state index contributed by atoms with van der Waals surface area (Å²) in [6.07, 6.45) is 2.02. The van der Waals surface area contributed by atoms with Crippen LogP contribution in [-0.2, 0) is 19.9 Å². The molecule has 2 heteroatoms. The van der Waals surface area contributed by atoms with Crippen LogP contribution < -0.4 is 0 Å². The van der Waals surface area contributed by atoms with Gasteiger partial charge in [0, 0.05) is 23.6 Å². The monoisotopic (exact) mass is 265 g/mol. The summed E-state index contributed by atoms with van der Waals surface area (Å²) in [6, 6.07) is 16.2. The average molecular weight is 265 g/mol. The minimum absolute atomic E-state index is 0.337. The third-order valence-electron chi connectivity index (χ3n) is 4.11. The van der Waals surface area contributed by atoms with Gasteiger partial charge in [0.25, 0.3) is 0 Å². The fourth-order valence-electron chi connectivity index (χ4n) is 2.87. The second-order valence-electron chi connectivity index (χ2n) is 5.31. The molecule has 0 saturated carbocycles. The molecule has 1 heterocycles. The van der Waals surface area contributed by atoms with Gasteiger partial charge in [0.2, 0.25) is 0 Å². The summed E-state index contributed by atoms with van der Waals surface area (Å²) in [5.74, 6) is 0.337.